The van der Waals surface area contributed by atoms with Gasteiger partial charge in [0.1, 0.15) is 12.1 Å². The van der Waals surface area contributed by atoms with E-state index in [0.717, 1.165) is 29.2 Å². The van der Waals surface area contributed by atoms with Gasteiger partial charge >= 0.3 is 5.97 Å². The fourth-order valence-electron chi connectivity index (χ4n) is 4.87. The van der Waals surface area contributed by atoms with Crippen LogP contribution in [0.4, 0.5) is 5.95 Å². The Morgan fingerprint density at radius 2 is 1.72 bits per heavy atom. The second-order valence-corrected chi connectivity index (χ2v) is 8.29. The highest BCUT2D eigenvalue weighted by atomic mass is 16.5. The first-order valence-electron chi connectivity index (χ1n) is 10.7. The number of aromatic nitrogens is 4. The third-order valence-electron chi connectivity index (χ3n) is 6.34. The summed E-state index contributed by atoms with van der Waals surface area (Å²) < 4.78 is 7.70. The first-order valence-corrected chi connectivity index (χ1v) is 10.7. The number of hydrogen-bond donors (Lipinski definition) is 1. The van der Waals surface area contributed by atoms with E-state index in [1.54, 1.807) is 4.68 Å². The van der Waals surface area contributed by atoms with Gasteiger partial charge in [0.15, 0.2) is 0 Å². The van der Waals surface area contributed by atoms with Crippen LogP contribution in [-0.2, 0) is 22.4 Å². The van der Waals surface area contributed by atoms with E-state index in [1.807, 2.05) is 43.3 Å². The number of nitrogens with one attached hydrogen (secondary N) is 1. The quantitative estimate of drug-likeness (QED) is 0.505. The van der Waals surface area contributed by atoms with Gasteiger partial charge < -0.3 is 10.1 Å². The smallest absolute Gasteiger partial charge is 0.338 e. The molecule has 3 aromatic carbocycles. The van der Waals surface area contributed by atoms with Crippen molar-refractivity contribution in [2.24, 2.45) is 0 Å². The van der Waals surface area contributed by atoms with Gasteiger partial charge in [0.2, 0.25) is 5.95 Å². The Labute approximate surface area is 184 Å². The molecule has 1 N–H and O–H groups in total. The van der Waals surface area contributed by atoms with Crippen LogP contribution < -0.4 is 5.32 Å². The lowest BCUT2D eigenvalue weighted by molar-refractivity contribution is -0.144. The van der Waals surface area contributed by atoms with Gasteiger partial charge in [0.05, 0.1) is 5.57 Å². The number of carbonyl (C=O) groups excluding carboxylic acids is 1. The molecule has 1 atom stereocenters. The Kier molecular flexibility index (Phi) is 4.28. The zero-order chi connectivity index (χ0) is 21.7. The number of anilines is 1. The normalized spacial score (nSPS) is 17.7. The van der Waals surface area contributed by atoms with Crippen molar-refractivity contribution >= 4 is 22.7 Å². The van der Waals surface area contributed by atoms with Gasteiger partial charge in [0, 0.05) is 18.5 Å². The predicted molar refractivity (Wildman–Crippen MR) is 120 cm³/mol. The number of benzene rings is 3. The highest BCUT2D eigenvalue weighted by Gasteiger charge is 2.37. The molecule has 7 heteroatoms. The van der Waals surface area contributed by atoms with E-state index in [1.165, 1.54) is 11.1 Å². The largest absolute Gasteiger partial charge is 0.458 e. The van der Waals surface area contributed by atoms with E-state index >= 15 is 0 Å². The fourth-order valence-corrected chi connectivity index (χ4v) is 4.87. The summed E-state index contributed by atoms with van der Waals surface area (Å²) >= 11 is 0. The Morgan fingerprint density at radius 1 is 1.00 bits per heavy atom. The molecule has 32 heavy (non-hydrogen) atoms. The monoisotopic (exact) mass is 423 g/mol. The SMILES string of the molecule is CC1=C(C(=O)OC2Cc3ccccc3C2)C(c2cccc3ccccc23)n2nnnc2N1. The van der Waals surface area contributed by atoms with Crippen LogP contribution in [0.25, 0.3) is 10.8 Å². The summed E-state index contributed by atoms with van der Waals surface area (Å²) in [5, 5.41) is 17.4. The molecule has 0 radical (unpaired) electrons. The summed E-state index contributed by atoms with van der Waals surface area (Å²) in [7, 11) is 0. The molecule has 2 heterocycles. The summed E-state index contributed by atoms with van der Waals surface area (Å²) in [5.41, 5.74) is 4.67. The second kappa shape index (κ2) is 7.30. The number of ether oxygens (including phenoxy) is 1. The van der Waals surface area contributed by atoms with Crippen LogP contribution in [0, 0.1) is 0 Å². The van der Waals surface area contributed by atoms with E-state index in [9.17, 15) is 4.79 Å². The Balaban J connectivity index is 1.40. The molecular weight excluding hydrogens is 402 g/mol. The van der Waals surface area contributed by atoms with Gasteiger partial charge in [-0.15, -0.1) is 0 Å². The molecule has 1 aliphatic heterocycles. The molecule has 1 unspecified atom stereocenters. The van der Waals surface area contributed by atoms with Crippen molar-refractivity contribution in [2.75, 3.05) is 5.32 Å². The van der Waals surface area contributed by atoms with Crippen molar-refractivity contribution in [3.63, 3.8) is 0 Å². The first kappa shape index (κ1) is 18.7. The van der Waals surface area contributed by atoms with Gasteiger partial charge in [-0.1, -0.05) is 71.8 Å². The van der Waals surface area contributed by atoms with E-state index < -0.39 is 6.04 Å². The molecule has 158 valence electrons. The van der Waals surface area contributed by atoms with E-state index in [-0.39, 0.29) is 12.1 Å². The van der Waals surface area contributed by atoms with Gasteiger partial charge in [-0.2, -0.15) is 4.68 Å². The number of allylic oxidation sites excluding steroid dienone is 1. The minimum atomic E-state index is -0.483. The highest BCUT2D eigenvalue weighted by Crippen LogP contribution is 2.38. The number of carbonyl (C=O) groups is 1. The third kappa shape index (κ3) is 2.97. The molecule has 0 spiro atoms. The standard InChI is InChI=1S/C25H21N5O2/c1-15-22(24(31)32-19-13-17-8-2-3-9-18(17)14-19)23(30-25(26-15)27-28-29-30)21-12-6-10-16-7-4-5-11-20(16)21/h2-12,19,23H,13-14H2,1H3,(H,26,27,29). The van der Waals surface area contributed by atoms with Crippen LogP contribution in [0.5, 0.6) is 0 Å². The Hall–Kier alpha value is -4.00. The van der Waals surface area contributed by atoms with Crippen molar-refractivity contribution < 1.29 is 9.53 Å². The Morgan fingerprint density at radius 3 is 2.53 bits per heavy atom. The summed E-state index contributed by atoms with van der Waals surface area (Å²) in [5.74, 6) is 0.164. The van der Waals surface area contributed by atoms with Gasteiger partial charge in [-0.05, 0) is 44.8 Å². The lowest BCUT2D eigenvalue weighted by Gasteiger charge is -2.29. The van der Waals surface area contributed by atoms with E-state index in [0.29, 0.717) is 17.2 Å². The van der Waals surface area contributed by atoms with Gasteiger partial charge in [-0.25, -0.2) is 4.79 Å². The van der Waals surface area contributed by atoms with Crippen molar-refractivity contribution in [2.45, 2.75) is 31.9 Å². The van der Waals surface area contributed by atoms with Crippen LogP contribution in [0.3, 0.4) is 0 Å². The molecule has 1 aliphatic carbocycles. The topological polar surface area (TPSA) is 81.9 Å². The fraction of sp³-hybridized carbons (Fsp3) is 0.200. The van der Waals surface area contributed by atoms with E-state index in [4.69, 9.17) is 4.74 Å². The first-order chi connectivity index (χ1) is 15.7. The molecule has 2 aliphatic rings. The average Bonchev–Trinajstić information content (AvgIpc) is 3.43. The molecule has 1 aromatic heterocycles. The molecule has 0 amide bonds. The minimum absolute atomic E-state index is 0.177. The molecule has 4 aromatic rings. The van der Waals surface area contributed by atoms with Crippen LogP contribution in [0.1, 0.15) is 29.7 Å². The van der Waals surface area contributed by atoms with E-state index in [2.05, 4.69) is 51.2 Å². The number of tetrazole rings is 1. The van der Waals surface area contributed by atoms with Crippen molar-refractivity contribution in [3.05, 3.63) is 94.7 Å². The summed E-state index contributed by atoms with van der Waals surface area (Å²) in [4.78, 5) is 13.6. The molecule has 0 fully saturated rings. The Bertz CT molecular complexity index is 1360. The van der Waals surface area contributed by atoms with Crippen LogP contribution >= 0.6 is 0 Å². The minimum Gasteiger partial charge on any atom is -0.458 e. The summed E-state index contributed by atoms with van der Waals surface area (Å²) in [6.07, 6.45) is 1.29. The molecule has 0 bridgehead atoms. The molecule has 6 rings (SSSR count). The lowest BCUT2D eigenvalue weighted by atomic mass is 9.91. The number of rotatable bonds is 3. The van der Waals surface area contributed by atoms with Crippen molar-refractivity contribution in [3.8, 4) is 0 Å². The van der Waals surface area contributed by atoms with Crippen LogP contribution in [0.15, 0.2) is 78.0 Å². The molecular formula is C25H21N5O2. The number of nitrogens with zero attached hydrogens (tertiary/aromatic N) is 4. The second-order valence-electron chi connectivity index (χ2n) is 8.29. The number of hydrogen-bond acceptors (Lipinski definition) is 6. The maximum absolute atomic E-state index is 13.6. The predicted octanol–water partition coefficient (Wildman–Crippen LogP) is 3.83. The summed E-state index contributed by atoms with van der Waals surface area (Å²) in [6, 6.07) is 22.0. The van der Waals surface area contributed by atoms with Crippen molar-refractivity contribution in [1.82, 2.24) is 20.2 Å². The number of fused-ring (bicyclic) bond motifs is 3. The zero-order valence-corrected chi connectivity index (χ0v) is 17.5. The highest BCUT2D eigenvalue weighted by molar-refractivity contribution is 5.95. The molecule has 0 saturated heterocycles. The van der Waals surface area contributed by atoms with Crippen LogP contribution in [0.2, 0.25) is 0 Å². The average molecular weight is 423 g/mol. The van der Waals surface area contributed by atoms with Gasteiger partial charge in [0.25, 0.3) is 0 Å². The maximum Gasteiger partial charge on any atom is 0.338 e. The van der Waals surface area contributed by atoms with Gasteiger partial charge in [-0.3, -0.25) is 0 Å². The summed E-state index contributed by atoms with van der Waals surface area (Å²) in [6.45, 7) is 1.87. The maximum atomic E-state index is 13.6. The molecule has 0 saturated carbocycles. The number of esters is 1. The lowest BCUT2D eigenvalue weighted by Crippen LogP contribution is -2.31. The van der Waals surface area contributed by atoms with Crippen molar-refractivity contribution in [1.29, 1.82) is 0 Å². The zero-order valence-electron chi connectivity index (χ0n) is 17.5. The third-order valence-corrected chi connectivity index (χ3v) is 6.34. The molecule has 7 nitrogen and oxygen atoms in total. The van der Waals surface area contributed by atoms with Crippen LogP contribution in [-0.4, -0.2) is 32.3 Å².